The highest BCUT2D eigenvalue weighted by molar-refractivity contribution is 6.05. The molecule has 2 aliphatic rings. The van der Waals surface area contributed by atoms with Gasteiger partial charge in [0.2, 0.25) is 6.41 Å². The van der Waals surface area contributed by atoms with Crippen LogP contribution in [0.4, 0.5) is 4.79 Å². The number of amides is 2. The molecule has 0 saturated carbocycles. The Labute approximate surface area is 244 Å². The first kappa shape index (κ1) is 26.5. The number of imidazole rings is 2. The van der Waals surface area contributed by atoms with E-state index in [-0.39, 0.29) is 18.2 Å². The highest BCUT2D eigenvalue weighted by Crippen LogP contribution is 2.36. The number of benzene rings is 3. The van der Waals surface area contributed by atoms with Crippen molar-refractivity contribution >= 4 is 45.3 Å². The second-order valence-corrected chi connectivity index (χ2v) is 12.6. The molecule has 42 heavy (non-hydrogen) atoms. The first-order valence-corrected chi connectivity index (χ1v) is 14.9. The first-order valence-electron chi connectivity index (χ1n) is 14.9. The van der Waals surface area contributed by atoms with Gasteiger partial charge in [0.05, 0.1) is 34.2 Å². The third-order valence-electron chi connectivity index (χ3n) is 8.51. The van der Waals surface area contributed by atoms with Gasteiger partial charge in [-0.15, -0.1) is 0 Å². The summed E-state index contributed by atoms with van der Waals surface area (Å²) in [7, 11) is 0. The number of carbonyl (C=O) groups is 2. The van der Waals surface area contributed by atoms with Gasteiger partial charge in [-0.25, -0.2) is 14.8 Å². The molecule has 4 heterocycles. The molecule has 216 valence electrons. The van der Waals surface area contributed by atoms with E-state index in [1.54, 1.807) is 4.90 Å². The minimum Gasteiger partial charge on any atom is -0.444 e. The molecule has 2 saturated heterocycles. The van der Waals surface area contributed by atoms with Crippen molar-refractivity contribution in [3.63, 3.8) is 0 Å². The lowest BCUT2D eigenvalue weighted by atomic mass is 10.0. The highest BCUT2D eigenvalue weighted by Gasteiger charge is 2.35. The van der Waals surface area contributed by atoms with E-state index in [2.05, 4.69) is 52.4 Å². The van der Waals surface area contributed by atoms with E-state index in [0.717, 1.165) is 101 Å². The van der Waals surface area contributed by atoms with Crippen LogP contribution in [-0.4, -0.2) is 60.9 Å². The molecule has 9 nitrogen and oxygen atoms in total. The molecule has 2 fully saturated rings. The van der Waals surface area contributed by atoms with Crippen LogP contribution in [0.5, 0.6) is 0 Å². The zero-order valence-corrected chi connectivity index (χ0v) is 24.3. The Morgan fingerprint density at radius 2 is 1.64 bits per heavy atom. The predicted molar refractivity (Wildman–Crippen MR) is 163 cm³/mol. The monoisotopic (exact) mass is 564 g/mol. The molecule has 2 amide bonds. The zero-order chi connectivity index (χ0) is 29.0. The van der Waals surface area contributed by atoms with E-state index >= 15 is 0 Å². The third kappa shape index (κ3) is 4.76. The lowest BCUT2D eigenvalue weighted by Crippen LogP contribution is -2.36. The van der Waals surface area contributed by atoms with Crippen molar-refractivity contribution in [2.75, 3.05) is 13.1 Å². The Hall–Kier alpha value is -4.40. The third-order valence-corrected chi connectivity index (χ3v) is 8.51. The Bertz CT molecular complexity index is 1820. The standard InChI is InChI=1S/C33H36N6O3/c1-33(2,3)42-32(41)39-16-6-8-28(39)31-35-25-14-11-22-17-20(9-12-23(22)29(25)37-31)21-10-13-24-26(18-21)36-30(34-24)27-7-4-5-15-38(27)19-40/h9-14,17-19,27-28H,4-8,15-16H2,1-3H3,(H,34,36)(H,35,37)/t27-,28-/m0/s1. The van der Waals surface area contributed by atoms with Crippen LogP contribution in [0.1, 0.15) is 76.6 Å². The minimum absolute atomic E-state index is 0.00867. The molecule has 2 N–H and O–H groups in total. The number of fused-ring (bicyclic) bond motifs is 4. The number of piperidine rings is 1. The largest absolute Gasteiger partial charge is 0.444 e. The summed E-state index contributed by atoms with van der Waals surface area (Å²) in [5.74, 6) is 1.66. The fraction of sp³-hybridized carbons (Fsp3) is 0.394. The number of hydrogen-bond donors (Lipinski definition) is 2. The lowest BCUT2D eigenvalue weighted by Gasteiger charge is -2.31. The van der Waals surface area contributed by atoms with Crippen molar-refractivity contribution in [3.05, 3.63) is 60.2 Å². The molecule has 0 bridgehead atoms. The number of hydrogen-bond acceptors (Lipinski definition) is 5. The average molecular weight is 565 g/mol. The van der Waals surface area contributed by atoms with Crippen LogP contribution in [0.2, 0.25) is 0 Å². The van der Waals surface area contributed by atoms with Crippen LogP contribution < -0.4 is 0 Å². The number of H-pyrrole nitrogens is 2. The minimum atomic E-state index is -0.539. The van der Waals surface area contributed by atoms with E-state index in [1.807, 2.05) is 31.7 Å². The van der Waals surface area contributed by atoms with Crippen molar-refractivity contribution in [2.24, 2.45) is 0 Å². The van der Waals surface area contributed by atoms with Crippen molar-refractivity contribution in [1.82, 2.24) is 29.7 Å². The summed E-state index contributed by atoms with van der Waals surface area (Å²) in [6.45, 7) is 7.12. The molecule has 2 aliphatic heterocycles. The van der Waals surface area contributed by atoms with Gasteiger partial charge in [0, 0.05) is 18.5 Å². The highest BCUT2D eigenvalue weighted by atomic mass is 16.6. The van der Waals surface area contributed by atoms with E-state index in [1.165, 1.54) is 0 Å². The summed E-state index contributed by atoms with van der Waals surface area (Å²) in [6, 6.07) is 16.8. The molecule has 2 aromatic heterocycles. The summed E-state index contributed by atoms with van der Waals surface area (Å²) in [4.78, 5) is 44.9. The second-order valence-electron chi connectivity index (χ2n) is 12.6. The van der Waals surface area contributed by atoms with Crippen LogP contribution in [0.3, 0.4) is 0 Å². The van der Waals surface area contributed by atoms with Crippen molar-refractivity contribution in [1.29, 1.82) is 0 Å². The molecular formula is C33H36N6O3. The maximum Gasteiger partial charge on any atom is 0.410 e. The maximum absolute atomic E-state index is 12.9. The van der Waals surface area contributed by atoms with Gasteiger partial charge in [-0.1, -0.05) is 24.3 Å². The molecule has 3 aromatic carbocycles. The summed E-state index contributed by atoms with van der Waals surface area (Å²) in [5, 5.41) is 2.17. The first-order chi connectivity index (χ1) is 20.3. The molecule has 9 heteroatoms. The summed E-state index contributed by atoms with van der Waals surface area (Å²) in [6.07, 6.45) is 5.50. The molecule has 0 aliphatic carbocycles. The van der Waals surface area contributed by atoms with Crippen LogP contribution in [0.25, 0.3) is 44.0 Å². The number of nitrogens with one attached hydrogen (secondary N) is 2. The summed E-state index contributed by atoms with van der Waals surface area (Å²) < 4.78 is 5.66. The Morgan fingerprint density at radius 1 is 0.881 bits per heavy atom. The fourth-order valence-corrected chi connectivity index (χ4v) is 6.49. The van der Waals surface area contributed by atoms with Gasteiger partial charge < -0.3 is 19.6 Å². The van der Waals surface area contributed by atoms with Gasteiger partial charge in [0.1, 0.15) is 17.2 Å². The number of rotatable bonds is 4. The van der Waals surface area contributed by atoms with Crippen molar-refractivity contribution < 1.29 is 14.3 Å². The van der Waals surface area contributed by atoms with Crippen LogP contribution in [0.15, 0.2) is 48.5 Å². The van der Waals surface area contributed by atoms with E-state index < -0.39 is 5.60 Å². The van der Waals surface area contributed by atoms with Crippen molar-refractivity contribution in [2.45, 2.75) is 70.6 Å². The second kappa shape index (κ2) is 10.2. The number of carbonyl (C=O) groups excluding carboxylic acids is 2. The van der Waals surface area contributed by atoms with Gasteiger partial charge in [-0.05, 0) is 93.7 Å². The molecule has 0 unspecified atom stereocenters. The van der Waals surface area contributed by atoms with Crippen LogP contribution in [0, 0.1) is 0 Å². The Kier molecular flexibility index (Phi) is 6.40. The normalized spacial score (nSPS) is 19.7. The zero-order valence-electron chi connectivity index (χ0n) is 24.3. The quantitative estimate of drug-likeness (QED) is 0.228. The molecule has 7 rings (SSSR count). The van der Waals surface area contributed by atoms with Crippen molar-refractivity contribution in [3.8, 4) is 11.1 Å². The van der Waals surface area contributed by atoms with Crippen LogP contribution >= 0.6 is 0 Å². The summed E-state index contributed by atoms with van der Waals surface area (Å²) in [5.41, 5.74) is 5.41. The summed E-state index contributed by atoms with van der Waals surface area (Å²) >= 11 is 0. The van der Waals surface area contributed by atoms with E-state index in [4.69, 9.17) is 14.7 Å². The van der Waals surface area contributed by atoms with Gasteiger partial charge in [-0.2, -0.15) is 0 Å². The fourth-order valence-electron chi connectivity index (χ4n) is 6.49. The van der Waals surface area contributed by atoms with Gasteiger partial charge in [-0.3, -0.25) is 9.69 Å². The molecular weight excluding hydrogens is 528 g/mol. The number of ether oxygens (including phenoxy) is 1. The molecule has 0 spiro atoms. The lowest BCUT2D eigenvalue weighted by molar-refractivity contribution is -0.121. The number of likely N-dealkylation sites (tertiary alicyclic amines) is 2. The number of nitrogens with zero attached hydrogens (tertiary/aromatic N) is 4. The SMILES string of the molecule is CC(C)(C)OC(=O)N1CCC[C@H]1c1nc2c(ccc3cc(-c4ccc5nc([C@@H]6CCCCN6C=O)[nH]c5c4)ccc32)[nH]1. The Morgan fingerprint density at radius 3 is 2.48 bits per heavy atom. The van der Waals surface area contributed by atoms with Gasteiger partial charge in [0.25, 0.3) is 0 Å². The predicted octanol–water partition coefficient (Wildman–Crippen LogP) is 7.01. The Balaban J connectivity index is 1.19. The maximum atomic E-state index is 12.9. The van der Waals surface area contributed by atoms with Gasteiger partial charge >= 0.3 is 6.09 Å². The smallest absolute Gasteiger partial charge is 0.410 e. The molecule has 0 radical (unpaired) electrons. The molecule has 5 aromatic rings. The van der Waals surface area contributed by atoms with Gasteiger partial charge in [0.15, 0.2) is 0 Å². The topological polar surface area (TPSA) is 107 Å². The van der Waals surface area contributed by atoms with Crippen LogP contribution in [-0.2, 0) is 9.53 Å². The number of aromatic nitrogens is 4. The number of aromatic amines is 2. The van der Waals surface area contributed by atoms with E-state index in [9.17, 15) is 9.59 Å². The molecule has 2 atom stereocenters. The average Bonchev–Trinajstić information content (AvgIpc) is 3.73. The van der Waals surface area contributed by atoms with E-state index in [0.29, 0.717) is 6.54 Å².